The van der Waals surface area contributed by atoms with Crippen molar-refractivity contribution in [1.82, 2.24) is 4.98 Å². The number of nitrogens with zero attached hydrogens (tertiary/aromatic N) is 1. The minimum absolute atomic E-state index is 0.567. The maximum Gasteiger partial charge on any atom is 0.129 e. The summed E-state index contributed by atoms with van der Waals surface area (Å²) in [5.41, 5.74) is 2.38. The zero-order valence-corrected chi connectivity index (χ0v) is 10.3. The number of benzene rings is 1. The highest BCUT2D eigenvalue weighted by Crippen LogP contribution is 2.17. The quantitative estimate of drug-likeness (QED) is 0.755. The van der Waals surface area contributed by atoms with E-state index < -0.39 is 0 Å². The summed E-state index contributed by atoms with van der Waals surface area (Å²) in [6.45, 7) is 0. The lowest BCUT2D eigenvalue weighted by molar-refractivity contribution is 1.17. The fourth-order valence-electron chi connectivity index (χ4n) is 1.38. The topological polar surface area (TPSA) is 12.9 Å². The molecule has 3 heteroatoms. The van der Waals surface area contributed by atoms with Crippen molar-refractivity contribution >= 4 is 23.4 Å². The Hall–Kier alpha value is -0.990. The summed E-state index contributed by atoms with van der Waals surface area (Å²) >= 11 is 7.67. The van der Waals surface area contributed by atoms with Crippen molar-refractivity contribution in [3.05, 3.63) is 64.9 Å². The van der Waals surface area contributed by atoms with Crippen LogP contribution in [0.5, 0.6) is 0 Å². The molecule has 0 aliphatic heterocycles. The summed E-state index contributed by atoms with van der Waals surface area (Å²) < 4.78 is 0. The number of rotatable bonds is 4. The fraction of sp³-hybridized carbons (Fsp3) is 0.154. The largest absolute Gasteiger partial charge is 0.240 e. The second kappa shape index (κ2) is 5.92. The molecular weight excluding hydrogens is 238 g/mol. The van der Waals surface area contributed by atoms with Gasteiger partial charge >= 0.3 is 0 Å². The molecule has 0 saturated heterocycles. The Morgan fingerprint density at radius 3 is 2.50 bits per heavy atom. The van der Waals surface area contributed by atoms with E-state index in [-0.39, 0.29) is 0 Å². The van der Waals surface area contributed by atoms with Gasteiger partial charge < -0.3 is 0 Å². The SMILES string of the molecule is Clc1cccc(CSCc2ccccc2)n1. The third kappa shape index (κ3) is 3.54. The first-order chi connectivity index (χ1) is 7.84. The van der Waals surface area contributed by atoms with Gasteiger partial charge in [0.25, 0.3) is 0 Å². The minimum atomic E-state index is 0.567. The molecule has 0 aliphatic carbocycles. The van der Waals surface area contributed by atoms with Crippen LogP contribution in [0.4, 0.5) is 0 Å². The molecule has 0 saturated carbocycles. The Labute approximate surface area is 105 Å². The van der Waals surface area contributed by atoms with Crippen molar-refractivity contribution in [3.63, 3.8) is 0 Å². The molecule has 1 aromatic carbocycles. The van der Waals surface area contributed by atoms with Crippen LogP contribution < -0.4 is 0 Å². The first kappa shape index (κ1) is 11.5. The number of aromatic nitrogens is 1. The Morgan fingerprint density at radius 1 is 0.938 bits per heavy atom. The van der Waals surface area contributed by atoms with Crippen molar-refractivity contribution < 1.29 is 0 Å². The summed E-state index contributed by atoms with van der Waals surface area (Å²) in [5.74, 6) is 1.91. The van der Waals surface area contributed by atoms with E-state index in [4.69, 9.17) is 11.6 Å². The van der Waals surface area contributed by atoms with Gasteiger partial charge in [-0.1, -0.05) is 48.0 Å². The minimum Gasteiger partial charge on any atom is -0.240 e. The molecule has 0 atom stereocenters. The van der Waals surface area contributed by atoms with Gasteiger partial charge in [0.05, 0.1) is 5.69 Å². The maximum absolute atomic E-state index is 5.82. The smallest absolute Gasteiger partial charge is 0.129 e. The normalized spacial score (nSPS) is 10.3. The molecule has 1 nitrogen and oxygen atoms in total. The molecule has 0 unspecified atom stereocenters. The van der Waals surface area contributed by atoms with E-state index in [9.17, 15) is 0 Å². The number of hydrogen-bond donors (Lipinski definition) is 0. The van der Waals surface area contributed by atoms with Gasteiger partial charge in [0.15, 0.2) is 0 Å². The van der Waals surface area contributed by atoms with Gasteiger partial charge in [0.1, 0.15) is 5.15 Å². The van der Waals surface area contributed by atoms with Crippen LogP contribution >= 0.6 is 23.4 Å². The highest BCUT2D eigenvalue weighted by molar-refractivity contribution is 7.97. The molecule has 1 heterocycles. The summed E-state index contributed by atoms with van der Waals surface area (Å²) in [6.07, 6.45) is 0. The second-order valence-corrected chi connectivity index (χ2v) is 4.80. The molecule has 0 N–H and O–H groups in total. The second-order valence-electron chi connectivity index (χ2n) is 3.43. The van der Waals surface area contributed by atoms with E-state index in [2.05, 4.69) is 29.2 Å². The zero-order chi connectivity index (χ0) is 11.2. The summed E-state index contributed by atoms with van der Waals surface area (Å²) in [7, 11) is 0. The van der Waals surface area contributed by atoms with Crippen molar-refractivity contribution in [2.75, 3.05) is 0 Å². The molecule has 82 valence electrons. The van der Waals surface area contributed by atoms with Gasteiger partial charge in [-0.25, -0.2) is 4.98 Å². The molecule has 0 spiro atoms. The summed E-state index contributed by atoms with van der Waals surface area (Å²) in [4.78, 5) is 4.25. The standard InChI is InChI=1S/C13H12ClNS/c14-13-8-4-7-12(15-13)10-16-9-11-5-2-1-3-6-11/h1-8H,9-10H2. The zero-order valence-electron chi connectivity index (χ0n) is 8.77. The molecule has 0 aliphatic rings. The van der Waals surface area contributed by atoms with Crippen molar-refractivity contribution in [1.29, 1.82) is 0 Å². The number of halogens is 1. The predicted octanol–water partition coefficient (Wildman–Crippen LogP) is 4.17. The first-order valence-electron chi connectivity index (χ1n) is 5.08. The molecule has 0 bridgehead atoms. The number of pyridine rings is 1. The van der Waals surface area contributed by atoms with Crippen LogP contribution in [0.15, 0.2) is 48.5 Å². The third-order valence-electron chi connectivity index (χ3n) is 2.13. The average Bonchev–Trinajstić information content (AvgIpc) is 2.30. The van der Waals surface area contributed by atoms with Crippen LogP contribution in [0.2, 0.25) is 5.15 Å². The lowest BCUT2D eigenvalue weighted by Gasteiger charge is -2.02. The van der Waals surface area contributed by atoms with Gasteiger partial charge in [0, 0.05) is 11.5 Å². The molecule has 0 radical (unpaired) electrons. The van der Waals surface area contributed by atoms with E-state index in [0.29, 0.717) is 5.15 Å². The molecule has 2 rings (SSSR count). The van der Waals surface area contributed by atoms with E-state index in [1.165, 1.54) is 5.56 Å². The van der Waals surface area contributed by atoms with Gasteiger partial charge in [0.2, 0.25) is 0 Å². The van der Waals surface area contributed by atoms with E-state index in [1.807, 2.05) is 30.0 Å². The van der Waals surface area contributed by atoms with Crippen LogP contribution in [-0.2, 0) is 11.5 Å². The lowest BCUT2D eigenvalue weighted by atomic mass is 10.2. The highest BCUT2D eigenvalue weighted by Gasteiger charge is 1.97. The van der Waals surface area contributed by atoms with E-state index >= 15 is 0 Å². The van der Waals surface area contributed by atoms with Crippen LogP contribution in [0.1, 0.15) is 11.3 Å². The molecule has 0 fully saturated rings. The van der Waals surface area contributed by atoms with E-state index in [0.717, 1.165) is 17.2 Å². The van der Waals surface area contributed by atoms with Crippen molar-refractivity contribution in [2.24, 2.45) is 0 Å². The Morgan fingerprint density at radius 2 is 1.75 bits per heavy atom. The number of hydrogen-bond acceptors (Lipinski definition) is 2. The molecule has 0 amide bonds. The van der Waals surface area contributed by atoms with E-state index in [1.54, 1.807) is 6.07 Å². The summed E-state index contributed by atoms with van der Waals surface area (Å²) in [5, 5.41) is 0.567. The molecular formula is C13H12ClNS. The first-order valence-corrected chi connectivity index (χ1v) is 6.61. The molecule has 16 heavy (non-hydrogen) atoms. The average molecular weight is 250 g/mol. The lowest BCUT2D eigenvalue weighted by Crippen LogP contribution is -1.87. The van der Waals surface area contributed by atoms with Crippen molar-refractivity contribution in [3.8, 4) is 0 Å². The van der Waals surface area contributed by atoms with Crippen LogP contribution in [-0.4, -0.2) is 4.98 Å². The van der Waals surface area contributed by atoms with Crippen LogP contribution in [0.3, 0.4) is 0 Å². The Kier molecular flexibility index (Phi) is 4.25. The monoisotopic (exact) mass is 249 g/mol. The fourth-order valence-corrected chi connectivity index (χ4v) is 2.46. The number of thioether (sulfide) groups is 1. The molecule has 2 aromatic rings. The molecule has 1 aromatic heterocycles. The van der Waals surface area contributed by atoms with Gasteiger partial charge in [-0.15, -0.1) is 0 Å². The maximum atomic E-state index is 5.82. The van der Waals surface area contributed by atoms with Gasteiger partial charge in [-0.3, -0.25) is 0 Å². The van der Waals surface area contributed by atoms with Crippen molar-refractivity contribution in [2.45, 2.75) is 11.5 Å². The van der Waals surface area contributed by atoms with Gasteiger partial charge in [-0.05, 0) is 17.7 Å². The Balaban J connectivity index is 1.85. The van der Waals surface area contributed by atoms with Gasteiger partial charge in [-0.2, -0.15) is 11.8 Å². The summed E-state index contributed by atoms with van der Waals surface area (Å²) in [6, 6.07) is 16.2. The highest BCUT2D eigenvalue weighted by atomic mass is 35.5. The predicted molar refractivity (Wildman–Crippen MR) is 70.7 cm³/mol. The third-order valence-corrected chi connectivity index (χ3v) is 3.38. The Bertz CT molecular complexity index is 445. The van der Waals surface area contributed by atoms with Crippen LogP contribution in [0, 0.1) is 0 Å². The van der Waals surface area contributed by atoms with Crippen LogP contribution in [0.25, 0.3) is 0 Å².